The molecule has 0 aromatic heterocycles. The van der Waals surface area contributed by atoms with E-state index in [1.165, 1.54) is 53.4 Å². The van der Waals surface area contributed by atoms with Crippen molar-refractivity contribution in [3.8, 4) is 23.0 Å². The van der Waals surface area contributed by atoms with E-state index in [4.69, 9.17) is 18.9 Å². The van der Waals surface area contributed by atoms with Gasteiger partial charge < -0.3 is 44.5 Å². The standard InChI is InChI=1S/C39H46N2O12/c1-6-8-17-50-30-20-24(19-29(44)33(30)34(45)32-26(11-10-12-28(32)43)37(48)51-18-9-7-2)36(47)52-31-22-41(38(49)53-39(3,4)5)21-27(31)40-35(46)23-13-15-25(42)16-14-23/h10-16,19-20,27,31,42-44H,6-9,17-18,21-22H2,1-5H3,(H,40,46)/t27-,31-/m1/s1. The Bertz CT molecular complexity index is 1820. The number of carbonyl (C=O) groups excluding carboxylic acids is 5. The second kappa shape index (κ2) is 17.6. The molecule has 3 aromatic carbocycles. The number of aromatic hydroxyl groups is 3. The number of rotatable bonds is 14. The van der Waals surface area contributed by atoms with Crippen LogP contribution in [0.2, 0.25) is 0 Å². The maximum Gasteiger partial charge on any atom is 0.410 e. The van der Waals surface area contributed by atoms with Gasteiger partial charge in [-0.3, -0.25) is 9.59 Å². The summed E-state index contributed by atoms with van der Waals surface area (Å²) >= 11 is 0. The molecular weight excluding hydrogens is 688 g/mol. The number of nitrogens with zero attached hydrogens (tertiary/aromatic N) is 1. The summed E-state index contributed by atoms with van der Waals surface area (Å²) in [5, 5.41) is 34.4. The number of likely N-dealkylation sites (tertiary alicyclic amines) is 1. The van der Waals surface area contributed by atoms with E-state index in [0.29, 0.717) is 12.8 Å². The van der Waals surface area contributed by atoms with E-state index < -0.39 is 70.1 Å². The molecule has 14 nitrogen and oxygen atoms in total. The zero-order valence-electron chi connectivity index (χ0n) is 30.5. The molecule has 0 aliphatic carbocycles. The van der Waals surface area contributed by atoms with Crippen molar-refractivity contribution in [2.24, 2.45) is 0 Å². The topological polar surface area (TPSA) is 198 Å². The average Bonchev–Trinajstić information content (AvgIpc) is 3.49. The molecule has 14 heteroatoms. The number of carbonyl (C=O) groups is 5. The first kappa shape index (κ1) is 40.0. The molecule has 1 aliphatic rings. The van der Waals surface area contributed by atoms with Crippen molar-refractivity contribution < 1.29 is 58.2 Å². The summed E-state index contributed by atoms with van der Waals surface area (Å²) in [4.78, 5) is 68.0. The summed E-state index contributed by atoms with van der Waals surface area (Å²) in [5.41, 5.74) is -1.87. The van der Waals surface area contributed by atoms with Gasteiger partial charge in [-0.05, 0) is 82.1 Å². The maximum atomic E-state index is 14.0. The SMILES string of the molecule is CCCCOC(=O)c1cccc(O)c1C(=O)c1c(O)cc(C(=O)O[C@@H]2CN(C(=O)OC(C)(C)C)C[C@H]2NC(=O)c2ccc(O)cc2)cc1OCCCC. The van der Waals surface area contributed by atoms with Crippen LogP contribution in [0.4, 0.5) is 4.79 Å². The lowest BCUT2D eigenvalue weighted by molar-refractivity contribution is 0.0177. The molecular formula is C39H46N2O12. The predicted octanol–water partition coefficient (Wildman–Crippen LogP) is 5.74. The fourth-order valence-corrected chi connectivity index (χ4v) is 5.43. The number of phenols is 3. The molecule has 1 aliphatic heterocycles. The second-order valence-corrected chi connectivity index (χ2v) is 13.5. The van der Waals surface area contributed by atoms with Crippen LogP contribution in [0.1, 0.15) is 107 Å². The Morgan fingerprint density at radius 1 is 0.811 bits per heavy atom. The van der Waals surface area contributed by atoms with Gasteiger partial charge in [-0.2, -0.15) is 0 Å². The molecule has 0 radical (unpaired) electrons. The molecule has 2 amide bonds. The first-order valence-electron chi connectivity index (χ1n) is 17.5. The molecule has 1 fully saturated rings. The third kappa shape index (κ3) is 10.4. The van der Waals surface area contributed by atoms with Gasteiger partial charge in [0.05, 0.1) is 42.5 Å². The molecule has 1 saturated heterocycles. The van der Waals surface area contributed by atoms with Crippen LogP contribution in [0.3, 0.4) is 0 Å². The third-order valence-electron chi connectivity index (χ3n) is 8.14. The number of esters is 2. The van der Waals surface area contributed by atoms with E-state index in [9.17, 15) is 39.3 Å². The van der Waals surface area contributed by atoms with E-state index >= 15 is 0 Å². The van der Waals surface area contributed by atoms with Crippen molar-refractivity contribution in [2.75, 3.05) is 26.3 Å². The van der Waals surface area contributed by atoms with Crippen LogP contribution < -0.4 is 10.1 Å². The highest BCUT2D eigenvalue weighted by Gasteiger charge is 2.41. The van der Waals surface area contributed by atoms with Crippen molar-refractivity contribution >= 4 is 29.7 Å². The molecule has 3 aromatic rings. The number of hydrogen-bond donors (Lipinski definition) is 4. The van der Waals surface area contributed by atoms with E-state index in [2.05, 4.69) is 5.32 Å². The Hall–Kier alpha value is -5.79. The highest BCUT2D eigenvalue weighted by atomic mass is 16.6. The van der Waals surface area contributed by atoms with Crippen molar-refractivity contribution in [2.45, 2.75) is 78.0 Å². The molecule has 0 spiro atoms. The zero-order valence-corrected chi connectivity index (χ0v) is 30.5. The van der Waals surface area contributed by atoms with E-state index in [1.54, 1.807) is 20.8 Å². The Labute approximate surface area is 307 Å². The van der Waals surface area contributed by atoms with Crippen LogP contribution >= 0.6 is 0 Å². The molecule has 0 unspecified atom stereocenters. The number of amides is 2. The van der Waals surface area contributed by atoms with Gasteiger partial charge in [-0.1, -0.05) is 32.8 Å². The minimum atomic E-state index is -1.08. The minimum Gasteiger partial charge on any atom is -0.508 e. The number of ether oxygens (including phenoxy) is 4. The van der Waals surface area contributed by atoms with Crippen molar-refractivity contribution in [1.82, 2.24) is 10.2 Å². The van der Waals surface area contributed by atoms with E-state index in [0.717, 1.165) is 18.9 Å². The minimum absolute atomic E-state index is 0.0368. The van der Waals surface area contributed by atoms with Gasteiger partial charge >= 0.3 is 18.0 Å². The zero-order chi connectivity index (χ0) is 38.9. The lowest BCUT2D eigenvalue weighted by Gasteiger charge is -2.24. The molecule has 2 atom stereocenters. The van der Waals surface area contributed by atoms with Crippen LogP contribution in [-0.4, -0.2) is 94.0 Å². The monoisotopic (exact) mass is 734 g/mol. The average molecular weight is 735 g/mol. The lowest BCUT2D eigenvalue weighted by atomic mass is 9.95. The number of phenolic OH excluding ortho intramolecular Hbond substituents is 3. The van der Waals surface area contributed by atoms with Crippen LogP contribution in [0.5, 0.6) is 23.0 Å². The van der Waals surface area contributed by atoms with Crippen molar-refractivity contribution in [3.05, 3.63) is 82.4 Å². The summed E-state index contributed by atoms with van der Waals surface area (Å²) < 4.78 is 22.5. The quantitative estimate of drug-likeness (QED) is 0.0679. The second-order valence-electron chi connectivity index (χ2n) is 13.5. The number of unbranched alkanes of at least 4 members (excludes halogenated alkanes) is 2. The molecule has 284 valence electrons. The molecule has 53 heavy (non-hydrogen) atoms. The smallest absolute Gasteiger partial charge is 0.410 e. The largest absolute Gasteiger partial charge is 0.508 e. The summed E-state index contributed by atoms with van der Waals surface area (Å²) in [6.45, 7) is 8.91. The molecule has 0 saturated carbocycles. The number of hydrogen-bond acceptors (Lipinski definition) is 12. The van der Waals surface area contributed by atoms with Crippen molar-refractivity contribution in [1.29, 1.82) is 0 Å². The molecule has 1 heterocycles. The highest BCUT2D eigenvalue weighted by molar-refractivity contribution is 6.18. The van der Waals surface area contributed by atoms with Crippen LogP contribution in [0.15, 0.2) is 54.6 Å². The van der Waals surface area contributed by atoms with Gasteiger partial charge in [0.25, 0.3) is 5.91 Å². The Morgan fingerprint density at radius 3 is 2.15 bits per heavy atom. The molecule has 0 bridgehead atoms. The van der Waals surface area contributed by atoms with Gasteiger partial charge in [0.15, 0.2) is 0 Å². The molecule has 4 N–H and O–H groups in total. The van der Waals surface area contributed by atoms with Gasteiger partial charge in [0.2, 0.25) is 5.78 Å². The first-order valence-corrected chi connectivity index (χ1v) is 17.5. The number of benzene rings is 3. The number of nitrogens with one attached hydrogen (secondary N) is 1. The van der Waals surface area contributed by atoms with Gasteiger partial charge in [-0.15, -0.1) is 0 Å². The van der Waals surface area contributed by atoms with Crippen LogP contribution in [-0.2, 0) is 14.2 Å². The Balaban J connectivity index is 1.66. The lowest BCUT2D eigenvalue weighted by Crippen LogP contribution is -2.44. The summed E-state index contributed by atoms with van der Waals surface area (Å²) in [7, 11) is 0. The summed E-state index contributed by atoms with van der Waals surface area (Å²) in [5.74, 6) is -4.77. The number of ketones is 1. The fourth-order valence-electron chi connectivity index (χ4n) is 5.43. The highest BCUT2D eigenvalue weighted by Crippen LogP contribution is 2.36. The maximum absolute atomic E-state index is 14.0. The van der Waals surface area contributed by atoms with Gasteiger partial charge in [0, 0.05) is 12.1 Å². The van der Waals surface area contributed by atoms with Crippen molar-refractivity contribution in [3.63, 3.8) is 0 Å². The van der Waals surface area contributed by atoms with E-state index in [-0.39, 0.29) is 54.5 Å². The Kier molecular flexibility index (Phi) is 13.3. The summed E-state index contributed by atoms with van der Waals surface area (Å²) in [6, 6.07) is 10.7. The normalized spacial score (nSPS) is 15.4. The first-order chi connectivity index (χ1) is 25.1. The Morgan fingerprint density at radius 2 is 1.49 bits per heavy atom. The third-order valence-corrected chi connectivity index (χ3v) is 8.14. The van der Waals surface area contributed by atoms with Crippen LogP contribution in [0, 0.1) is 0 Å². The summed E-state index contributed by atoms with van der Waals surface area (Å²) in [6.07, 6.45) is 0.860. The fraction of sp³-hybridized carbons (Fsp3) is 0.410. The van der Waals surface area contributed by atoms with E-state index in [1.807, 2.05) is 13.8 Å². The predicted molar refractivity (Wildman–Crippen MR) is 192 cm³/mol. The van der Waals surface area contributed by atoms with Crippen LogP contribution in [0.25, 0.3) is 0 Å². The van der Waals surface area contributed by atoms with Gasteiger partial charge in [0.1, 0.15) is 40.3 Å². The van der Waals surface area contributed by atoms with Gasteiger partial charge in [-0.25, -0.2) is 14.4 Å². The molecule has 4 rings (SSSR count).